The van der Waals surface area contributed by atoms with Gasteiger partial charge in [0.1, 0.15) is 11.5 Å². The molecule has 130 valence electrons. The summed E-state index contributed by atoms with van der Waals surface area (Å²) in [6.45, 7) is 0. The Kier molecular flexibility index (Phi) is 6.53. The van der Waals surface area contributed by atoms with Gasteiger partial charge >= 0.3 is 11.8 Å². The van der Waals surface area contributed by atoms with E-state index in [1.165, 1.54) is 20.4 Å². The number of nitrogens with one attached hydrogen (secondary N) is 2. The Morgan fingerprint density at radius 3 is 2.48 bits per heavy atom. The fourth-order valence-electron chi connectivity index (χ4n) is 1.94. The van der Waals surface area contributed by atoms with E-state index in [0.717, 1.165) is 4.47 Å². The van der Waals surface area contributed by atoms with E-state index in [0.29, 0.717) is 22.7 Å². The molecule has 2 amide bonds. The van der Waals surface area contributed by atoms with Crippen molar-refractivity contribution in [1.82, 2.24) is 5.43 Å². The number of nitrogens with zero attached hydrogens (tertiary/aromatic N) is 1. The summed E-state index contributed by atoms with van der Waals surface area (Å²) < 4.78 is 11.1. The van der Waals surface area contributed by atoms with E-state index in [9.17, 15) is 9.59 Å². The average Bonchev–Trinajstić information content (AvgIpc) is 2.62. The number of carbonyl (C=O) groups excluding carboxylic acids is 2. The van der Waals surface area contributed by atoms with Crippen molar-refractivity contribution >= 4 is 39.6 Å². The Labute approximate surface area is 153 Å². The summed E-state index contributed by atoms with van der Waals surface area (Å²) in [5.74, 6) is -0.732. The standard InChI is InChI=1S/C17H16BrN3O4/c1-24-14-8-7-12(18)9-11(14)10-19-21-17(23)16(22)20-13-5-3-4-6-15(13)25-2/h3-10H,1-2H3,(H,20,22)(H,21,23)/b19-10+. The zero-order chi connectivity index (χ0) is 18.2. The Bertz CT molecular complexity index is 808. The number of halogens is 1. The van der Waals surface area contributed by atoms with Gasteiger partial charge in [-0.25, -0.2) is 5.43 Å². The van der Waals surface area contributed by atoms with Crippen LogP contribution in [0.5, 0.6) is 11.5 Å². The van der Waals surface area contributed by atoms with Crippen molar-refractivity contribution in [1.29, 1.82) is 0 Å². The number of ether oxygens (including phenoxy) is 2. The van der Waals surface area contributed by atoms with E-state index in [2.05, 4.69) is 31.8 Å². The van der Waals surface area contributed by atoms with Gasteiger partial charge in [0.25, 0.3) is 0 Å². The lowest BCUT2D eigenvalue weighted by Crippen LogP contribution is -2.32. The molecular formula is C17H16BrN3O4. The van der Waals surface area contributed by atoms with Crippen LogP contribution in [0.4, 0.5) is 5.69 Å². The third-order valence-electron chi connectivity index (χ3n) is 3.12. The number of benzene rings is 2. The fourth-order valence-corrected chi connectivity index (χ4v) is 2.32. The van der Waals surface area contributed by atoms with Gasteiger partial charge in [0.15, 0.2) is 0 Å². The molecule has 0 spiro atoms. The van der Waals surface area contributed by atoms with Crippen molar-refractivity contribution in [3.8, 4) is 11.5 Å². The van der Waals surface area contributed by atoms with Gasteiger partial charge in [-0.1, -0.05) is 28.1 Å². The fraction of sp³-hybridized carbons (Fsp3) is 0.118. The van der Waals surface area contributed by atoms with Gasteiger partial charge in [0.05, 0.1) is 26.1 Å². The molecule has 0 saturated carbocycles. The summed E-state index contributed by atoms with van der Waals surface area (Å²) in [5, 5.41) is 6.24. The van der Waals surface area contributed by atoms with Gasteiger partial charge in [-0.15, -0.1) is 0 Å². The number of hydrogen-bond acceptors (Lipinski definition) is 5. The molecular weight excluding hydrogens is 390 g/mol. The number of hydrazone groups is 1. The van der Waals surface area contributed by atoms with Crippen molar-refractivity contribution in [2.24, 2.45) is 5.10 Å². The molecule has 0 fully saturated rings. The van der Waals surface area contributed by atoms with Gasteiger partial charge in [-0.3, -0.25) is 9.59 Å². The minimum atomic E-state index is -0.906. The number of methoxy groups -OCH3 is 2. The number of amides is 2. The normalized spacial score (nSPS) is 10.4. The molecule has 0 unspecified atom stereocenters. The number of para-hydroxylation sites is 2. The van der Waals surface area contributed by atoms with Crippen LogP contribution in [0.15, 0.2) is 52.0 Å². The quantitative estimate of drug-likeness (QED) is 0.454. The molecule has 0 atom stereocenters. The first-order chi connectivity index (χ1) is 12.0. The van der Waals surface area contributed by atoms with Crippen molar-refractivity contribution in [2.45, 2.75) is 0 Å². The first kappa shape index (κ1) is 18.5. The van der Waals surface area contributed by atoms with Gasteiger partial charge in [-0.05, 0) is 30.3 Å². The average molecular weight is 406 g/mol. The minimum Gasteiger partial charge on any atom is -0.496 e. The van der Waals surface area contributed by atoms with Crippen LogP contribution in [0.3, 0.4) is 0 Å². The van der Waals surface area contributed by atoms with E-state index in [4.69, 9.17) is 9.47 Å². The molecule has 0 aliphatic rings. The second-order valence-electron chi connectivity index (χ2n) is 4.74. The summed E-state index contributed by atoms with van der Waals surface area (Å²) in [6.07, 6.45) is 1.39. The molecule has 0 bridgehead atoms. The Balaban J connectivity index is 2.00. The van der Waals surface area contributed by atoms with Gasteiger partial charge in [-0.2, -0.15) is 5.10 Å². The maximum absolute atomic E-state index is 11.9. The van der Waals surface area contributed by atoms with Crippen LogP contribution in [0.1, 0.15) is 5.56 Å². The monoisotopic (exact) mass is 405 g/mol. The van der Waals surface area contributed by atoms with Crippen LogP contribution in [0.2, 0.25) is 0 Å². The molecule has 0 radical (unpaired) electrons. The predicted molar refractivity (Wildman–Crippen MR) is 98.1 cm³/mol. The number of hydrogen-bond donors (Lipinski definition) is 2. The van der Waals surface area contributed by atoms with E-state index >= 15 is 0 Å². The lowest BCUT2D eigenvalue weighted by Gasteiger charge is -2.08. The Morgan fingerprint density at radius 2 is 1.76 bits per heavy atom. The number of rotatable bonds is 5. The molecule has 0 aliphatic carbocycles. The van der Waals surface area contributed by atoms with Crippen LogP contribution in [0, 0.1) is 0 Å². The second kappa shape index (κ2) is 8.84. The maximum Gasteiger partial charge on any atom is 0.329 e. The number of anilines is 1. The van der Waals surface area contributed by atoms with Crippen LogP contribution in [-0.4, -0.2) is 32.2 Å². The smallest absolute Gasteiger partial charge is 0.329 e. The molecule has 0 aliphatic heterocycles. The Morgan fingerprint density at radius 1 is 1.04 bits per heavy atom. The van der Waals surface area contributed by atoms with Gasteiger partial charge < -0.3 is 14.8 Å². The highest BCUT2D eigenvalue weighted by atomic mass is 79.9. The zero-order valence-corrected chi connectivity index (χ0v) is 15.2. The van der Waals surface area contributed by atoms with Crippen molar-refractivity contribution in [3.63, 3.8) is 0 Å². The molecule has 7 nitrogen and oxygen atoms in total. The topological polar surface area (TPSA) is 89.0 Å². The van der Waals surface area contributed by atoms with Gasteiger partial charge in [0, 0.05) is 10.0 Å². The summed E-state index contributed by atoms with van der Waals surface area (Å²) in [7, 11) is 3.00. The second-order valence-corrected chi connectivity index (χ2v) is 5.66. The maximum atomic E-state index is 11.9. The third-order valence-corrected chi connectivity index (χ3v) is 3.62. The van der Waals surface area contributed by atoms with E-state index < -0.39 is 11.8 Å². The van der Waals surface area contributed by atoms with E-state index in [1.807, 2.05) is 6.07 Å². The lowest BCUT2D eigenvalue weighted by atomic mass is 10.2. The highest BCUT2D eigenvalue weighted by molar-refractivity contribution is 9.10. The van der Waals surface area contributed by atoms with E-state index in [1.54, 1.807) is 36.4 Å². The molecule has 2 aromatic rings. The van der Waals surface area contributed by atoms with Crippen LogP contribution in [0.25, 0.3) is 0 Å². The molecule has 2 rings (SSSR count). The summed E-state index contributed by atoms with van der Waals surface area (Å²) in [5.41, 5.74) is 3.20. The van der Waals surface area contributed by atoms with Gasteiger partial charge in [0.2, 0.25) is 0 Å². The van der Waals surface area contributed by atoms with Crippen LogP contribution in [-0.2, 0) is 9.59 Å². The number of carbonyl (C=O) groups is 2. The molecule has 2 N–H and O–H groups in total. The third kappa shape index (κ3) is 5.05. The SMILES string of the molecule is COc1ccc(Br)cc1/C=N/NC(=O)C(=O)Nc1ccccc1OC. The van der Waals surface area contributed by atoms with Crippen molar-refractivity contribution in [2.75, 3.05) is 19.5 Å². The highest BCUT2D eigenvalue weighted by Crippen LogP contribution is 2.23. The summed E-state index contributed by atoms with van der Waals surface area (Å²) in [6, 6.07) is 12.1. The summed E-state index contributed by atoms with van der Waals surface area (Å²) >= 11 is 3.34. The molecule has 2 aromatic carbocycles. The summed E-state index contributed by atoms with van der Waals surface area (Å²) in [4.78, 5) is 23.8. The molecule has 0 heterocycles. The largest absolute Gasteiger partial charge is 0.496 e. The molecule has 8 heteroatoms. The van der Waals surface area contributed by atoms with E-state index in [-0.39, 0.29) is 0 Å². The first-order valence-corrected chi connectivity index (χ1v) is 7.95. The van der Waals surface area contributed by atoms with Crippen molar-refractivity contribution in [3.05, 3.63) is 52.5 Å². The van der Waals surface area contributed by atoms with Crippen LogP contribution < -0.4 is 20.2 Å². The predicted octanol–water partition coefficient (Wildman–Crippen LogP) is 2.56. The first-order valence-electron chi connectivity index (χ1n) is 7.16. The zero-order valence-electron chi connectivity index (χ0n) is 13.6. The molecule has 25 heavy (non-hydrogen) atoms. The molecule has 0 aromatic heterocycles. The highest BCUT2D eigenvalue weighted by Gasteiger charge is 2.15. The minimum absolute atomic E-state index is 0.391. The lowest BCUT2D eigenvalue weighted by molar-refractivity contribution is -0.136. The van der Waals surface area contributed by atoms with Crippen molar-refractivity contribution < 1.29 is 19.1 Å². The van der Waals surface area contributed by atoms with Crippen LogP contribution >= 0.6 is 15.9 Å². The molecule has 0 saturated heterocycles. The Hall–Kier alpha value is -2.87.